The highest BCUT2D eigenvalue weighted by Gasteiger charge is 2.39. The standard InChI is InChI=1S/C29H37F2N5O3/c1-28(2,3)27-32-23(38-35-27)10-5-4-6-17-36(26(37)20-13-15-29(30,31)16-14-20)22-9-7-8-21(18-22)25-33-24(34-39-25)19-11-12-19/h7-9,18-20H,4-6,10-17H2,1-3H3. The topological polar surface area (TPSA) is 98.2 Å². The van der Waals surface area contributed by atoms with Crippen molar-refractivity contribution >= 4 is 11.6 Å². The number of nitrogens with zero attached hydrogens (tertiary/aromatic N) is 5. The summed E-state index contributed by atoms with van der Waals surface area (Å²) in [4.78, 5) is 24.4. The van der Waals surface area contributed by atoms with Crippen molar-refractivity contribution in [2.75, 3.05) is 11.4 Å². The summed E-state index contributed by atoms with van der Waals surface area (Å²) in [6.07, 6.45) is 5.18. The predicted molar refractivity (Wildman–Crippen MR) is 142 cm³/mol. The van der Waals surface area contributed by atoms with Crippen LogP contribution in [0.2, 0.25) is 0 Å². The first kappa shape index (κ1) is 27.4. The first-order valence-corrected chi connectivity index (χ1v) is 14.1. The lowest BCUT2D eigenvalue weighted by atomic mass is 9.85. The number of amides is 1. The van der Waals surface area contributed by atoms with E-state index in [9.17, 15) is 13.6 Å². The Balaban J connectivity index is 1.25. The van der Waals surface area contributed by atoms with Crippen LogP contribution in [-0.4, -0.2) is 38.7 Å². The predicted octanol–water partition coefficient (Wildman–Crippen LogP) is 6.87. The maximum Gasteiger partial charge on any atom is 0.258 e. The van der Waals surface area contributed by atoms with Gasteiger partial charge in [-0.1, -0.05) is 43.6 Å². The summed E-state index contributed by atoms with van der Waals surface area (Å²) >= 11 is 0. The van der Waals surface area contributed by atoms with E-state index in [4.69, 9.17) is 9.05 Å². The molecular weight excluding hydrogens is 504 g/mol. The fourth-order valence-corrected chi connectivity index (χ4v) is 4.92. The van der Waals surface area contributed by atoms with Gasteiger partial charge in [0.1, 0.15) is 0 Å². The Labute approximate surface area is 227 Å². The zero-order chi connectivity index (χ0) is 27.6. The molecule has 2 saturated carbocycles. The first-order valence-electron chi connectivity index (χ1n) is 14.1. The summed E-state index contributed by atoms with van der Waals surface area (Å²) in [5, 5.41) is 8.18. The van der Waals surface area contributed by atoms with Gasteiger partial charge < -0.3 is 13.9 Å². The molecule has 0 N–H and O–H groups in total. The molecule has 2 aliphatic rings. The molecule has 1 amide bonds. The molecule has 10 heteroatoms. The largest absolute Gasteiger partial charge is 0.339 e. The molecule has 8 nitrogen and oxygen atoms in total. The highest BCUT2D eigenvalue weighted by Crippen LogP contribution is 2.40. The zero-order valence-electron chi connectivity index (χ0n) is 23.0. The molecule has 2 aromatic heterocycles. The van der Waals surface area contributed by atoms with Gasteiger partial charge in [-0.3, -0.25) is 4.79 Å². The van der Waals surface area contributed by atoms with Crippen LogP contribution in [0.3, 0.4) is 0 Å². The third-order valence-corrected chi connectivity index (χ3v) is 7.53. The molecule has 1 aromatic carbocycles. The van der Waals surface area contributed by atoms with Gasteiger partial charge in [0.2, 0.25) is 17.7 Å². The van der Waals surface area contributed by atoms with E-state index in [-0.39, 0.29) is 37.0 Å². The van der Waals surface area contributed by atoms with E-state index in [2.05, 4.69) is 20.3 Å². The molecule has 2 aliphatic carbocycles. The number of hydrogen-bond acceptors (Lipinski definition) is 7. The Kier molecular flexibility index (Phi) is 7.82. The van der Waals surface area contributed by atoms with E-state index >= 15 is 0 Å². The maximum absolute atomic E-state index is 13.8. The van der Waals surface area contributed by atoms with Crippen molar-refractivity contribution in [1.82, 2.24) is 20.3 Å². The van der Waals surface area contributed by atoms with Crippen LogP contribution >= 0.6 is 0 Å². The number of rotatable bonds is 10. The average molecular weight is 542 g/mol. The Bertz CT molecular complexity index is 1270. The number of halogens is 2. The van der Waals surface area contributed by atoms with Gasteiger partial charge in [-0.15, -0.1) is 0 Å². The smallest absolute Gasteiger partial charge is 0.258 e. The first-order chi connectivity index (χ1) is 18.6. The van der Waals surface area contributed by atoms with Gasteiger partial charge in [-0.25, -0.2) is 8.78 Å². The van der Waals surface area contributed by atoms with Crippen LogP contribution in [0.5, 0.6) is 0 Å². The molecule has 0 radical (unpaired) electrons. The fraction of sp³-hybridized carbons (Fsp3) is 0.621. The molecule has 0 aliphatic heterocycles. The maximum atomic E-state index is 13.8. The van der Waals surface area contributed by atoms with Crippen molar-refractivity contribution in [1.29, 1.82) is 0 Å². The second-order valence-electron chi connectivity index (χ2n) is 12.0. The number of unbranched alkanes of at least 4 members (excludes halogenated alkanes) is 2. The van der Waals surface area contributed by atoms with E-state index in [1.54, 1.807) is 4.90 Å². The second-order valence-corrected chi connectivity index (χ2v) is 12.0. The van der Waals surface area contributed by atoms with Crippen LogP contribution in [0.4, 0.5) is 14.5 Å². The molecule has 0 saturated heterocycles. The minimum atomic E-state index is -2.68. The summed E-state index contributed by atoms with van der Waals surface area (Å²) in [6, 6.07) is 7.51. The zero-order valence-corrected chi connectivity index (χ0v) is 23.0. The molecular formula is C29H37F2N5O3. The molecule has 39 heavy (non-hydrogen) atoms. The third kappa shape index (κ3) is 6.89. The van der Waals surface area contributed by atoms with Gasteiger partial charge in [0, 0.05) is 54.3 Å². The van der Waals surface area contributed by atoms with Crippen LogP contribution in [0.15, 0.2) is 33.3 Å². The molecule has 0 atom stereocenters. The second kappa shape index (κ2) is 11.1. The lowest BCUT2D eigenvalue weighted by molar-refractivity contribution is -0.126. The molecule has 0 bridgehead atoms. The number of hydrogen-bond donors (Lipinski definition) is 0. The average Bonchev–Trinajstić information content (AvgIpc) is 3.41. The number of anilines is 1. The van der Waals surface area contributed by atoms with Crippen LogP contribution in [-0.2, 0) is 16.6 Å². The number of carbonyl (C=O) groups is 1. The van der Waals surface area contributed by atoms with E-state index in [0.29, 0.717) is 42.2 Å². The number of aryl methyl sites for hydroxylation is 1. The molecule has 3 aromatic rings. The molecule has 2 heterocycles. The van der Waals surface area contributed by atoms with Gasteiger partial charge in [-0.2, -0.15) is 9.97 Å². The number of aromatic nitrogens is 4. The lowest BCUT2D eigenvalue weighted by Crippen LogP contribution is -2.40. The fourth-order valence-electron chi connectivity index (χ4n) is 4.92. The van der Waals surface area contributed by atoms with E-state index in [1.807, 2.05) is 45.0 Å². The highest BCUT2D eigenvalue weighted by atomic mass is 19.3. The molecule has 0 spiro atoms. The van der Waals surface area contributed by atoms with Gasteiger partial charge in [0.05, 0.1) is 0 Å². The van der Waals surface area contributed by atoms with E-state index in [0.717, 1.165) is 43.5 Å². The molecule has 210 valence electrons. The summed E-state index contributed by atoms with van der Waals surface area (Å²) in [6.45, 7) is 6.61. The summed E-state index contributed by atoms with van der Waals surface area (Å²) in [7, 11) is 0. The Morgan fingerprint density at radius 2 is 1.79 bits per heavy atom. The molecule has 2 fully saturated rings. The minimum absolute atomic E-state index is 0.0985. The van der Waals surface area contributed by atoms with Gasteiger partial charge >= 0.3 is 0 Å². The Morgan fingerprint density at radius 3 is 2.49 bits per heavy atom. The van der Waals surface area contributed by atoms with Crippen molar-refractivity contribution in [2.24, 2.45) is 5.92 Å². The summed E-state index contributed by atoms with van der Waals surface area (Å²) in [5.74, 6) is -0.349. The van der Waals surface area contributed by atoms with E-state index < -0.39 is 11.8 Å². The number of alkyl halides is 2. The van der Waals surface area contributed by atoms with Crippen molar-refractivity contribution in [3.8, 4) is 11.5 Å². The molecule has 0 unspecified atom stereocenters. The van der Waals surface area contributed by atoms with Crippen LogP contribution in [0.25, 0.3) is 11.5 Å². The Morgan fingerprint density at radius 1 is 1.03 bits per heavy atom. The number of benzene rings is 1. The normalized spacial score (nSPS) is 17.9. The Hall–Kier alpha value is -3.17. The third-order valence-electron chi connectivity index (χ3n) is 7.53. The lowest BCUT2D eigenvalue weighted by Gasteiger charge is -2.32. The van der Waals surface area contributed by atoms with Gasteiger partial charge in [-0.05, 0) is 56.7 Å². The summed E-state index contributed by atoms with van der Waals surface area (Å²) < 4.78 is 38.5. The van der Waals surface area contributed by atoms with Crippen LogP contribution in [0.1, 0.15) is 102 Å². The summed E-state index contributed by atoms with van der Waals surface area (Å²) in [5.41, 5.74) is 1.29. The van der Waals surface area contributed by atoms with Crippen molar-refractivity contribution < 1.29 is 22.6 Å². The monoisotopic (exact) mass is 541 g/mol. The van der Waals surface area contributed by atoms with Crippen molar-refractivity contribution in [3.05, 3.63) is 41.8 Å². The molecule has 5 rings (SSSR count). The highest BCUT2D eigenvalue weighted by molar-refractivity contribution is 5.95. The SMILES string of the molecule is CC(C)(C)c1noc(CCCCCN(C(=O)C2CCC(F)(F)CC2)c2cccc(-c3nc(C4CC4)no3)c2)n1. The quantitative estimate of drug-likeness (QED) is 0.258. The van der Waals surface area contributed by atoms with Gasteiger partial charge in [0.25, 0.3) is 5.89 Å². The van der Waals surface area contributed by atoms with Crippen molar-refractivity contribution in [2.45, 2.75) is 102 Å². The van der Waals surface area contributed by atoms with Crippen molar-refractivity contribution in [3.63, 3.8) is 0 Å². The minimum Gasteiger partial charge on any atom is -0.339 e. The number of carbonyl (C=O) groups excluding carboxylic acids is 1. The van der Waals surface area contributed by atoms with E-state index in [1.165, 1.54) is 0 Å². The van der Waals surface area contributed by atoms with Crippen LogP contribution in [0, 0.1) is 5.92 Å². The van der Waals surface area contributed by atoms with Gasteiger partial charge in [0.15, 0.2) is 11.6 Å². The van der Waals surface area contributed by atoms with Crippen LogP contribution < -0.4 is 4.90 Å².